The number of aryl methyl sites for hydroxylation is 1. The Balaban J connectivity index is 1.78. The Bertz CT molecular complexity index is 642. The maximum atomic E-state index is 12.2. The fourth-order valence-corrected chi connectivity index (χ4v) is 2.92. The lowest BCUT2D eigenvalue weighted by Gasteiger charge is -2.29. The van der Waals surface area contributed by atoms with Crippen molar-refractivity contribution in [2.24, 2.45) is 0 Å². The molecule has 0 saturated carbocycles. The number of aliphatic hydroxyl groups excluding tert-OH is 1. The van der Waals surface area contributed by atoms with Gasteiger partial charge in [-0.25, -0.2) is 4.79 Å². The first-order chi connectivity index (χ1) is 10.2. The molecule has 1 atom stereocenters. The molecule has 0 aromatic heterocycles. The van der Waals surface area contributed by atoms with E-state index < -0.39 is 5.54 Å². The second-order valence-corrected chi connectivity index (χ2v) is 5.34. The zero-order valence-corrected chi connectivity index (χ0v) is 11.7. The summed E-state index contributed by atoms with van der Waals surface area (Å²) in [5.74, 6) is 0. The molecule has 4 nitrogen and oxygen atoms in total. The van der Waals surface area contributed by atoms with Crippen molar-refractivity contribution in [1.82, 2.24) is 5.32 Å². The number of hydrogen-bond acceptors (Lipinski definition) is 2. The average molecular weight is 282 g/mol. The molecule has 1 aliphatic rings. The molecule has 0 bridgehead atoms. The van der Waals surface area contributed by atoms with Crippen molar-refractivity contribution < 1.29 is 9.90 Å². The average Bonchev–Trinajstić information content (AvgIpc) is 2.88. The predicted octanol–water partition coefficient (Wildman–Crippen LogP) is 2.64. The lowest BCUT2D eigenvalue weighted by atomic mass is 9.93. The molecule has 2 amide bonds. The first-order valence-corrected chi connectivity index (χ1v) is 7.07. The molecule has 108 valence electrons. The second kappa shape index (κ2) is 5.58. The van der Waals surface area contributed by atoms with Crippen LogP contribution in [0.15, 0.2) is 54.6 Å². The van der Waals surface area contributed by atoms with E-state index in [4.69, 9.17) is 0 Å². The number of fused-ring (bicyclic) bond motifs is 1. The van der Waals surface area contributed by atoms with Gasteiger partial charge in [0, 0.05) is 5.69 Å². The van der Waals surface area contributed by atoms with E-state index in [-0.39, 0.29) is 12.6 Å². The Kier molecular flexibility index (Phi) is 3.62. The first-order valence-electron chi connectivity index (χ1n) is 7.07. The van der Waals surface area contributed by atoms with Gasteiger partial charge in [-0.05, 0) is 36.1 Å². The largest absolute Gasteiger partial charge is 0.394 e. The molecule has 3 N–H and O–H groups in total. The van der Waals surface area contributed by atoms with Crippen molar-refractivity contribution in [2.45, 2.75) is 18.4 Å². The summed E-state index contributed by atoms with van der Waals surface area (Å²) in [6.07, 6.45) is 1.58. The molecule has 1 aliphatic carbocycles. The SMILES string of the molecule is O=C(Nc1ccccc1)NC1(CO)CCc2ccccc21. The summed E-state index contributed by atoms with van der Waals surface area (Å²) in [6.45, 7) is -0.105. The highest BCUT2D eigenvalue weighted by molar-refractivity contribution is 5.90. The van der Waals surface area contributed by atoms with E-state index in [0.29, 0.717) is 6.42 Å². The van der Waals surface area contributed by atoms with Gasteiger partial charge in [-0.2, -0.15) is 0 Å². The van der Waals surface area contributed by atoms with E-state index in [1.54, 1.807) is 0 Å². The summed E-state index contributed by atoms with van der Waals surface area (Å²) < 4.78 is 0. The van der Waals surface area contributed by atoms with Gasteiger partial charge in [0.2, 0.25) is 0 Å². The highest BCUT2D eigenvalue weighted by Gasteiger charge is 2.39. The number of urea groups is 1. The van der Waals surface area contributed by atoms with Crippen molar-refractivity contribution >= 4 is 11.7 Å². The van der Waals surface area contributed by atoms with Crippen LogP contribution >= 0.6 is 0 Å². The van der Waals surface area contributed by atoms with Gasteiger partial charge in [-0.1, -0.05) is 42.5 Å². The number of amides is 2. The van der Waals surface area contributed by atoms with Crippen LogP contribution in [0, 0.1) is 0 Å². The van der Waals surface area contributed by atoms with Crippen LogP contribution < -0.4 is 10.6 Å². The van der Waals surface area contributed by atoms with Gasteiger partial charge in [0.1, 0.15) is 0 Å². The van der Waals surface area contributed by atoms with Crippen molar-refractivity contribution in [3.63, 3.8) is 0 Å². The molecule has 0 fully saturated rings. The molecule has 3 rings (SSSR count). The van der Waals surface area contributed by atoms with Crippen molar-refractivity contribution in [1.29, 1.82) is 0 Å². The fraction of sp³-hybridized carbons (Fsp3) is 0.235. The van der Waals surface area contributed by atoms with Crippen LogP contribution in [0.4, 0.5) is 10.5 Å². The minimum Gasteiger partial charge on any atom is -0.394 e. The third-order valence-corrected chi connectivity index (χ3v) is 4.01. The smallest absolute Gasteiger partial charge is 0.320 e. The van der Waals surface area contributed by atoms with Crippen LogP contribution in [-0.4, -0.2) is 17.7 Å². The molecule has 21 heavy (non-hydrogen) atoms. The summed E-state index contributed by atoms with van der Waals surface area (Å²) in [7, 11) is 0. The van der Waals surface area contributed by atoms with Crippen LogP contribution in [-0.2, 0) is 12.0 Å². The quantitative estimate of drug-likeness (QED) is 0.810. The van der Waals surface area contributed by atoms with Crippen molar-refractivity contribution in [3.05, 3.63) is 65.7 Å². The number of carbonyl (C=O) groups excluding carboxylic acids is 1. The zero-order chi connectivity index (χ0) is 14.7. The maximum absolute atomic E-state index is 12.2. The Hall–Kier alpha value is -2.33. The number of rotatable bonds is 3. The minimum absolute atomic E-state index is 0.105. The molecule has 2 aromatic carbocycles. The predicted molar refractivity (Wildman–Crippen MR) is 82.1 cm³/mol. The van der Waals surface area contributed by atoms with Crippen LogP contribution in [0.3, 0.4) is 0 Å². The summed E-state index contributed by atoms with van der Waals surface area (Å²) in [6, 6.07) is 16.9. The number of carbonyl (C=O) groups is 1. The Morgan fingerprint density at radius 2 is 1.81 bits per heavy atom. The molecule has 0 radical (unpaired) electrons. The molecule has 4 heteroatoms. The van der Waals surface area contributed by atoms with E-state index in [1.165, 1.54) is 5.56 Å². The third-order valence-electron chi connectivity index (χ3n) is 4.01. The summed E-state index contributed by atoms with van der Waals surface area (Å²) in [4.78, 5) is 12.2. The van der Waals surface area contributed by atoms with Crippen molar-refractivity contribution in [3.8, 4) is 0 Å². The van der Waals surface area contributed by atoms with Gasteiger partial charge in [-0.3, -0.25) is 0 Å². The first kappa shape index (κ1) is 13.6. The topological polar surface area (TPSA) is 61.4 Å². The van der Waals surface area contributed by atoms with E-state index in [0.717, 1.165) is 17.7 Å². The molecule has 1 unspecified atom stereocenters. The number of aliphatic hydroxyl groups is 1. The van der Waals surface area contributed by atoms with E-state index in [9.17, 15) is 9.90 Å². The van der Waals surface area contributed by atoms with Gasteiger partial charge < -0.3 is 15.7 Å². The van der Waals surface area contributed by atoms with Crippen LogP contribution in [0.25, 0.3) is 0 Å². The van der Waals surface area contributed by atoms with Gasteiger partial charge in [-0.15, -0.1) is 0 Å². The molecule has 0 heterocycles. The van der Waals surface area contributed by atoms with E-state index in [1.807, 2.05) is 54.6 Å². The Morgan fingerprint density at radius 3 is 2.57 bits per heavy atom. The number of para-hydroxylation sites is 1. The van der Waals surface area contributed by atoms with Gasteiger partial charge >= 0.3 is 6.03 Å². The molecular weight excluding hydrogens is 264 g/mol. The number of hydrogen-bond donors (Lipinski definition) is 3. The fourth-order valence-electron chi connectivity index (χ4n) is 2.92. The van der Waals surface area contributed by atoms with Gasteiger partial charge in [0.05, 0.1) is 12.1 Å². The number of benzene rings is 2. The highest BCUT2D eigenvalue weighted by Crippen LogP contribution is 2.36. The van der Waals surface area contributed by atoms with Crippen LogP contribution in [0.1, 0.15) is 17.5 Å². The molecule has 2 aromatic rings. The van der Waals surface area contributed by atoms with Gasteiger partial charge in [0.25, 0.3) is 0 Å². The number of nitrogens with one attached hydrogen (secondary N) is 2. The molecule has 0 aliphatic heterocycles. The molecule has 0 spiro atoms. The zero-order valence-electron chi connectivity index (χ0n) is 11.7. The van der Waals surface area contributed by atoms with E-state index >= 15 is 0 Å². The lowest BCUT2D eigenvalue weighted by molar-refractivity contribution is 0.164. The standard InChI is InChI=1S/C17H18N2O2/c20-12-17(11-10-13-6-4-5-9-15(13)17)19-16(21)18-14-7-2-1-3-8-14/h1-9,20H,10-12H2,(H2,18,19,21). The second-order valence-electron chi connectivity index (χ2n) is 5.34. The molecular formula is C17H18N2O2. The van der Waals surface area contributed by atoms with Crippen LogP contribution in [0.5, 0.6) is 0 Å². The minimum atomic E-state index is -0.685. The highest BCUT2D eigenvalue weighted by atomic mass is 16.3. The maximum Gasteiger partial charge on any atom is 0.320 e. The normalized spacial score (nSPS) is 19.9. The molecule has 0 saturated heterocycles. The van der Waals surface area contributed by atoms with Gasteiger partial charge in [0.15, 0.2) is 0 Å². The summed E-state index contributed by atoms with van der Waals surface area (Å²) >= 11 is 0. The third kappa shape index (κ3) is 2.62. The monoisotopic (exact) mass is 282 g/mol. The lowest BCUT2D eigenvalue weighted by Crippen LogP contribution is -2.48. The van der Waals surface area contributed by atoms with Crippen LogP contribution in [0.2, 0.25) is 0 Å². The Labute approximate surface area is 123 Å². The van der Waals surface area contributed by atoms with E-state index in [2.05, 4.69) is 10.6 Å². The summed E-state index contributed by atoms with van der Waals surface area (Å²) in [5, 5.41) is 15.6. The van der Waals surface area contributed by atoms with Crippen molar-refractivity contribution in [2.75, 3.05) is 11.9 Å². The number of anilines is 1. The Morgan fingerprint density at radius 1 is 1.10 bits per heavy atom. The summed E-state index contributed by atoms with van der Waals surface area (Å²) in [5.41, 5.74) is 2.24.